The van der Waals surface area contributed by atoms with Gasteiger partial charge in [-0.2, -0.15) is 0 Å². The average Bonchev–Trinajstić information content (AvgIpc) is 3.12. The Bertz CT molecular complexity index is 1850. The summed E-state index contributed by atoms with van der Waals surface area (Å²) in [6.07, 6.45) is 4.77. The number of thioether (sulfide) groups is 1. The van der Waals surface area contributed by atoms with Crippen LogP contribution in [-0.2, 0) is 9.59 Å². The molecular weight excluding hydrogens is 612 g/mol. The Morgan fingerprint density at radius 2 is 1.40 bits per heavy atom. The fourth-order valence-corrected chi connectivity index (χ4v) is 5.57. The van der Waals surface area contributed by atoms with E-state index in [1.54, 1.807) is 85.2 Å². The topological polar surface area (TPSA) is 119 Å². The summed E-state index contributed by atoms with van der Waals surface area (Å²) in [6.45, 7) is 0. The van der Waals surface area contributed by atoms with Crippen LogP contribution in [0.2, 0.25) is 0 Å². The van der Waals surface area contributed by atoms with E-state index < -0.39 is 17.1 Å². The number of ether oxygens (including phenoxy) is 2. The van der Waals surface area contributed by atoms with Crippen LogP contribution in [0, 0.1) is 0 Å². The predicted octanol–water partition coefficient (Wildman–Crippen LogP) is 6.98. The van der Waals surface area contributed by atoms with Crippen molar-refractivity contribution in [1.29, 1.82) is 0 Å². The second-order valence-corrected chi connectivity index (χ2v) is 11.3. The SMILES string of the molecule is COc1ccc(OC)c(/C=C(\NC(=O)c2ccccc2)C(=O)Nc2ccc(SC(C(=O)Nc3ccncc3)c3ccccc3)cc2)c1. The molecule has 1 atom stereocenters. The molecule has 1 heterocycles. The number of hydrogen-bond acceptors (Lipinski definition) is 7. The van der Waals surface area contributed by atoms with E-state index in [-0.39, 0.29) is 11.6 Å². The highest BCUT2D eigenvalue weighted by atomic mass is 32.2. The second kappa shape index (κ2) is 15.9. The summed E-state index contributed by atoms with van der Waals surface area (Å²) >= 11 is 1.38. The number of nitrogens with one attached hydrogen (secondary N) is 3. The van der Waals surface area contributed by atoms with Gasteiger partial charge < -0.3 is 25.4 Å². The highest BCUT2D eigenvalue weighted by molar-refractivity contribution is 8.00. The van der Waals surface area contributed by atoms with Gasteiger partial charge in [-0.15, -0.1) is 11.8 Å². The monoisotopic (exact) mass is 644 g/mol. The van der Waals surface area contributed by atoms with Crippen LogP contribution < -0.4 is 25.4 Å². The van der Waals surface area contributed by atoms with Gasteiger partial charge in [-0.25, -0.2) is 0 Å². The number of amides is 3. The summed E-state index contributed by atoms with van der Waals surface area (Å²) in [7, 11) is 3.06. The predicted molar refractivity (Wildman–Crippen MR) is 184 cm³/mol. The number of anilines is 2. The van der Waals surface area contributed by atoms with Crippen LogP contribution in [0.15, 0.2) is 138 Å². The number of carbonyl (C=O) groups excluding carboxylic acids is 3. The lowest BCUT2D eigenvalue weighted by atomic mass is 10.1. The van der Waals surface area contributed by atoms with Crippen LogP contribution in [0.1, 0.15) is 26.7 Å². The zero-order chi connectivity index (χ0) is 33.0. The quantitative estimate of drug-likeness (QED) is 0.0991. The molecule has 0 bridgehead atoms. The molecule has 0 aliphatic heterocycles. The van der Waals surface area contributed by atoms with E-state index in [9.17, 15) is 14.4 Å². The smallest absolute Gasteiger partial charge is 0.272 e. The van der Waals surface area contributed by atoms with Crippen LogP contribution >= 0.6 is 11.8 Å². The average molecular weight is 645 g/mol. The lowest BCUT2D eigenvalue weighted by Crippen LogP contribution is -2.30. The molecule has 4 aromatic carbocycles. The summed E-state index contributed by atoms with van der Waals surface area (Å²) in [5, 5.41) is 8.03. The number of pyridine rings is 1. The number of carbonyl (C=O) groups is 3. The molecule has 236 valence electrons. The minimum absolute atomic E-state index is 0.000724. The first-order chi connectivity index (χ1) is 22.9. The number of nitrogens with zero attached hydrogens (tertiary/aromatic N) is 1. The molecule has 3 amide bonds. The van der Waals surface area contributed by atoms with Gasteiger partial charge in [0.2, 0.25) is 5.91 Å². The molecule has 10 heteroatoms. The van der Waals surface area contributed by atoms with Crippen molar-refractivity contribution in [2.45, 2.75) is 10.1 Å². The molecule has 1 unspecified atom stereocenters. The Labute approximate surface area is 277 Å². The Morgan fingerprint density at radius 3 is 2.06 bits per heavy atom. The standard InChI is InChI=1S/C37H32N4O5S/c1-45-30-15-18-33(46-2)27(23-30)24-32(41-35(42)26-11-7-4-8-12-26)36(43)39-28-13-16-31(17-14-28)47-34(25-9-5-3-6-10-25)37(44)40-29-19-21-38-22-20-29/h3-24,34H,1-2H3,(H,39,43)(H,41,42)(H,38,40,44)/b32-24-. The molecule has 0 fully saturated rings. The minimum Gasteiger partial charge on any atom is -0.497 e. The largest absolute Gasteiger partial charge is 0.497 e. The molecule has 0 saturated heterocycles. The Hall–Kier alpha value is -5.87. The van der Waals surface area contributed by atoms with Crippen LogP contribution in [0.4, 0.5) is 11.4 Å². The zero-order valence-electron chi connectivity index (χ0n) is 25.7. The van der Waals surface area contributed by atoms with Crippen molar-refractivity contribution in [3.8, 4) is 11.5 Å². The third kappa shape index (κ3) is 8.86. The normalized spacial score (nSPS) is 11.6. The fourth-order valence-electron chi connectivity index (χ4n) is 4.55. The van der Waals surface area contributed by atoms with Crippen LogP contribution in [0.25, 0.3) is 6.08 Å². The van der Waals surface area contributed by atoms with Gasteiger partial charge in [0.05, 0.1) is 14.2 Å². The summed E-state index contributed by atoms with van der Waals surface area (Å²) in [5.74, 6) is -0.118. The molecule has 0 aliphatic carbocycles. The molecule has 0 saturated carbocycles. The van der Waals surface area contributed by atoms with Gasteiger partial charge in [0.15, 0.2) is 0 Å². The van der Waals surface area contributed by atoms with Crippen LogP contribution in [0.5, 0.6) is 11.5 Å². The van der Waals surface area contributed by atoms with E-state index >= 15 is 0 Å². The Morgan fingerprint density at radius 1 is 0.745 bits per heavy atom. The van der Waals surface area contributed by atoms with E-state index in [1.165, 1.54) is 32.1 Å². The number of benzene rings is 4. The first-order valence-corrected chi connectivity index (χ1v) is 15.5. The Kier molecular flexibility index (Phi) is 11.0. The van der Waals surface area contributed by atoms with Gasteiger partial charge in [-0.05, 0) is 78.4 Å². The lowest BCUT2D eigenvalue weighted by Gasteiger charge is -2.17. The third-order valence-corrected chi connectivity index (χ3v) is 8.19. The van der Waals surface area contributed by atoms with Crippen LogP contribution in [-0.4, -0.2) is 36.9 Å². The molecule has 1 aromatic heterocycles. The maximum Gasteiger partial charge on any atom is 0.272 e. The first-order valence-electron chi connectivity index (χ1n) is 14.6. The molecule has 9 nitrogen and oxygen atoms in total. The van der Waals surface area contributed by atoms with E-state index in [1.807, 2.05) is 42.5 Å². The molecule has 0 spiro atoms. The second-order valence-electron chi connectivity index (χ2n) is 10.1. The van der Waals surface area contributed by atoms with Crippen molar-refractivity contribution in [2.75, 3.05) is 24.9 Å². The number of rotatable bonds is 12. The number of aromatic nitrogens is 1. The van der Waals surface area contributed by atoms with Crippen LogP contribution in [0.3, 0.4) is 0 Å². The van der Waals surface area contributed by atoms with Crippen molar-refractivity contribution < 1.29 is 23.9 Å². The van der Waals surface area contributed by atoms with Gasteiger partial charge in [0.25, 0.3) is 11.8 Å². The molecule has 5 aromatic rings. The molecule has 47 heavy (non-hydrogen) atoms. The molecule has 0 aliphatic rings. The zero-order valence-corrected chi connectivity index (χ0v) is 26.5. The maximum atomic E-state index is 13.6. The van der Waals surface area contributed by atoms with Crippen molar-refractivity contribution in [3.63, 3.8) is 0 Å². The van der Waals surface area contributed by atoms with Gasteiger partial charge in [0, 0.05) is 39.8 Å². The molecular formula is C37H32N4O5S. The number of methoxy groups -OCH3 is 2. The van der Waals surface area contributed by atoms with Gasteiger partial charge in [-0.3, -0.25) is 19.4 Å². The van der Waals surface area contributed by atoms with Gasteiger partial charge in [-0.1, -0.05) is 48.5 Å². The minimum atomic E-state index is -0.543. The van der Waals surface area contributed by atoms with Crippen molar-refractivity contribution in [3.05, 3.63) is 150 Å². The van der Waals surface area contributed by atoms with Crippen molar-refractivity contribution >= 4 is 46.9 Å². The van der Waals surface area contributed by atoms with E-state index in [4.69, 9.17) is 9.47 Å². The summed E-state index contributed by atoms with van der Waals surface area (Å²) in [5.41, 5.74) is 2.92. The highest BCUT2D eigenvalue weighted by Crippen LogP contribution is 2.37. The Balaban J connectivity index is 1.36. The highest BCUT2D eigenvalue weighted by Gasteiger charge is 2.23. The lowest BCUT2D eigenvalue weighted by molar-refractivity contribution is -0.116. The summed E-state index contributed by atoms with van der Waals surface area (Å²) in [6, 6.07) is 33.9. The third-order valence-electron chi connectivity index (χ3n) is 6.92. The van der Waals surface area contributed by atoms with Gasteiger partial charge >= 0.3 is 0 Å². The van der Waals surface area contributed by atoms with E-state index in [0.29, 0.717) is 34.0 Å². The summed E-state index contributed by atoms with van der Waals surface area (Å²) in [4.78, 5) is 44.9. The first kappa shape index (κ1) is 32.5. The van der Waals surface area contributed by atoms with Crippen molar-refractivity contribution in [1.82, 2.24) is 10.3 Å². The fraction of sp³-hybridized carbons (Fsp3) is 0.0811. The summed E-state index contributed by atoms with van der Waals surface area (Å²) < 4.78 is 10.8. The van der Waals surface area contributed by atoms with Gasteiger partial charge in [0.1, 0.15) is 22.4 Å². The molecule has 0 radical (unpaired) electrons. The molecule has 5 rings (SSSR count). The van der Waals surface area contributed by atoms with Crippen molar-refractivity contribution in [2.24, 2.45) is 0 Å². The van der Waals surface area contributed by atoms with E-state index in [2.05, 4.69) is 20.9 Å². The number of hydrogen-bond donors (Lipinski definition) is 3. The maximum absolute atomic E-state index is 13.6. The van der Waals surface area contributed by atoms with E-state index in [0.717, 1.165) is 10.5 Å². The molecule has 3 N–H and O–H groups in total.